The number of hydroxylamine groups is 1. The van der Waals surface area contributed by atoms with E-state index in [1.165, 1.54) is 48.1 Å². The number of nitrogens with one attached hydrogen (secondary N) is 2. The van der Waals surface area contributed by atoms with Crippen LogP contribution in [0.2, 0.25) is 0 Å². The van der Waals surface area contributed by atoms with Crippen LogP contribution in [0, 0.1) is 0 Å². The zero-order valence-corrected chi connectivity index (χ0v) is 25.3. The van der Waals surface area contributed by atoms with Gasteiger partial charge < -0.3 is 25.4 Å². The number of ether oxygens (including phenoxy) is 2. The van der Waals surface area contributed by atoms with Gasteiger partial charge in [-0.05, 0) is 79.7 Å². The molecule has 4 aromatic rings. The van der Waals surface area contributed by atoms with Crippen LogP contribution in [-0.2, 0) is 32.6 Å². The van der Waals surface area contributed by atoms with E-state index >= 15 is 0 Å². The molecular weight excluding hydrogens is 634 g/mol. The van der Waals surface area contributed by atoms with Gasteiger partial charge in [0.25, 0.3) is 5.91 Å². The molecule has 0 aliphatic rings. The topological polar surface area (TPSA) is 125 Å². The minimum Gasteiger partial charge on any atom is -0.490 e. The molecule has 1 unspecified atom stereocenters. The molecule has 1 heterocycles. The van der Waals surface area contributed by atoms with Crippen LogP contribution >= 0.6 is 0 Å². The standard InChI is InChI=1S/C32H30F6N4O5/c1-4-45-26-16-21(9-12-25(26)46-18(2)3)30(28(43)42-47-29(44)32(36,37)38,17-20-7-5-6-8-24(20)31(33,34)35)41-22-10-11-23-19(15-22)13-14-40-27(23)39/h5-16,18,41H,4,17H2,1-3H3,(H2,39,40)(H,42,43). The zero-order chi connectivity index (χ0) is 34.6. The van der Waals surface area contributed by atoms with Gasteiger partial charge in [-0.3, -0.25) is 4.79 Å². The number of halogens is 6. The number of carbonyl (C=O) groups is 2. The summed E-state index contributed by atoms with van der Waals surface area (Å²) >= 11 is 0. The molecule has 250 valence electrons. The van der Waals surface area contributed by atoms with E-state index in [0.29, 0.717) is 10.8 Å². The number of amides is 1. The van der Waals surface area contributed by atoms with Gasteiger partial charge in [-0.15, -0.1) is 0 Å². The summed E-state index contributed by atoms with van der Waals surface area (Å²) in [6.45, 7) is 5.27. The Bertz CT molecular complexity index is 1760. The van der Waals surface area contributed by atoms with Gasteiger partial charge in [-0.25, -0.2) is 9.78 Å². The van der Waals surface area contributed by atoms with Gasteiger partial charge in [0.15, 0.2) is 11.5 Å². The van der Waals surface area contributed by atoms with E-state index in [2.05, 4.69) is 15.1 Å². The molecule has 0 bridgehead atoms. The highest BCUT2D eigenvalue weighted by atomic mass is 19.4. The van der Waals surface area contributed by atoms with Crippen molar-refractivity contribution in [2.45, 2.75) is 51.2 Å². The van der Waals surface area contributed by atoms with Crippen LogP contribution in [0.1, 0.15) is 37.5 Å². The van der Waals surface area contributed by atoms with E-state index < -0.39 is 47.3 Å². The number of benzene rings is 3. The molecule has 0 aliphatic carbocycles. The Morgan fingerprint density at radius 2 is 1.66 bits per heavy atom. The van der Waals surface area contributed by atoms with Gasteiger partial charge in [-0.1, -0.05) is 24.3 Å². The summed E-state index contributed by atoms with van der Waals surface area (Å²) in [6, 6.07) is 14.6. The zero-order valence-electron chi connectivity index (χ0n) is 25.3. The number of nitrogens with two attached hydrogens (primary N) is 1. The van der Waals surface area contributed by atoms with Crippen molar-refractivity contribution in [1.82, 2.24) is 10.5 Å². The van der Waals surface area contributed by atoms with E-state index in [1.807, 2.05) is 0 Å². The molecule has 47 heavy (non-hydrogen) atoms. The maximum absolute atomic E-state index is 14.2. The lowest BCUT2D eigenvalue weighted by Gasteiger charge is -2.36. The number of nitrogens with zero attached hydrogens (tertiary/aromatic N) is 1. The number of fused-ring (bicyclic) bond motifs is 1. The van der Waals surface area contributed by atoms with Crippen molar-refractivity contribution in [2.24, 2.45) is 0 Å². The predicted octanol–water partition coefficient (Wildman–Crippen LogP) is 6.71. The summed E-state index contributed by atoms with van der Waals surface area (Å²) in [5.41, 5.74) is 3.68. The smallest absolute Gasteiger partial charge is 0.490 e. The highest BCUT2D eigenvalue weighted by molar-refractivity contribution is 5.95. The first-order chi connectivity index (χ1) is 22.0. The van der Waals surface area contributed by atoms with Gasteiger partial charge in [0.1, 0.15) is 11.4 Å². The van der Waals surface area contributed by atoms with Gasteiger partial charge in [0.05, 0.1) is 18.3 Å². The summed E-state index contributed by atoms with van der Waals surface area (Å²) in [7, 11) is 0. The van der Waals surface area contributed by atoms with Crippen molar-refractivity contribution in [1.29, 1.82) is 0 Å². The number of carbonyl (C=O) groups excluding carboxylic acids is 2. The summed E-state index contributed by atoms with van der Waals surface area (Å²) in [6.07, 6.45) is -10.1. The third-order valence-electron chi connectivity index (χ3n) is 6.89. The maximum Gasteiger partial charge on any atom is 0.493 e. The lowest BCUT2D eigenvalue weighted by molar-refractivity contribution is -0.208. The average molecular weight is 665 g/mol. The summed E-state index contributed by atoms with van der Waals surface area (Å²) in [5, 5.41) is 3.97. The van der Waals surface area contributed by atoms with E-state index in [1.54, 1.807) is 32.9 Å². The quantitative estimate of drug-likeness (QED) is 0.126. The van der Waals surface area contributed by atoms with Gasteiger partial charge in [0, 0.05) is 23.7 Å². The Kier molecular flexibility index (Phi) is 10.1. The van der Waals surface area contributed by atoms with Crippen molar-refractivity contribution in [3.8, 4) is 11.5 Å². The molecule has 3 aromatic carbocycles. The Balaban J connectivity index is 1.99. The fourth-order valence-corrected chi connectivity index (χ4v) is 4.88. The molecule has 0 aliphatic heterocycles. The van der Waals surface area contributed by atoms with Crippen LogP contribution in [0.25, 0.3) is 10.8 Å². The summed E-state index contributed by atoms with van der Waals surface area (Å²) < 4.78 is 93.3. The number of hydrogen-bond donors (Lipinski definition) is 3. The van der Waals surface area contributed by atoms with E-state index in [4.69, 9.17) is 15.2 Å². The Morgan fingerprint density at radius 1 is 0.936 bits per heavy atom. The SMILES string of the molecule is CCOc1cc(C(Cc2ccccc2C(F)(F)F)(Nc2ccc3c(N)nccc3c2)C(=O)NOC(=O)C(F)(F)F)ccc1OC(C)C. The third-order valence-corrected chi connectivity index (χ3v) is 6.89. The third kappa shape index (κ3) is 7.96. The van der Waals surface area contributed by atoms with Crippen molar-refractivity contribution in [2.75, 3.05) is 17.7 Å². The van der Waals surface area contributed by atoms with Crippen LogP contribution in [-0.4, -0.2) is 35.7 Å². The molecule has 4 rings (SSSR count). The molecule has 1 atom stereocenters. The van der Waals surface area contributed by atoms with Crippen molar-refractivity contribution in [3.63, 3.8) is 0 Å². The van der Waals surface area contributed by atoms with Crippen molar-refractivity contribution in [3.05, 3.63) is 89.6 Å². The molecule has 0 fully saturated rings. The van der Waals surface area contributed by atoms with Crippen molar-refractivity contribution >= 4 is 34.2 Å². The molecule has 1 amide bonds. The summed E-state index contributed by atoms with van der Waals surface area (Å²) in [5.74, 6) is -3.68. The number of hydrogen-bond acceptors (Lipinski definition) is 8. The number of alkyl halides is 6. The largest absolute Gasteiger partial charge is 0.493 e. The first-order valence-electron chi connectivity index (χ1n) is 14.1. The molecule has 4 N–H and O–H groups in total. The number of aromatic nitrogens is 1. The number of nitrogen functional groups attached to an aromatic ring is 1. The number of rotatable bonds is 10. The Morgan fingerprint density at radius 3 is 2.32 bits per heavy atom. The molecule has 0 saturated carbocycles. The van der Waals surface area contributed by atoms with Crippen LogP contribution in [0.3, 0.4) is 0 Å². The first kappa shape index (κ1) is 34.7. The van der Waals surface area contributed by atoms with E-state index in [0.717, 1.165) is 18.2 Å². The van der Waals surface area contributed by atoms with Crippen LogP contribution < -0.4 is 26.0 Å². The second-order valence-corrected chi connectivity index (χ2v) is 10.6. The van der Waals surface area contributed by atoms with E-state index in [-0.39, 0.29) is 41.3 Å². The second-order valence-electron chi connectivity index (χ2n) is 10.6. The van der Waals surface area contributed by atoms with Gasteiger partial charge in [-0.2, -0.15) is 31.8 Å². The average Bonchev–Trinajstić information content (AvgIpc) is 2.99. The normalized spacial score (nSPS) is 13.1. The molecule has 0 spiro atoms. The highest BCUT2D eigenvalue weighted by Gasteiger charge is 2.47. The van der Waals surface area contributed by atoms with E-state index in [9.17, 15) is 35.9 Å². The molecule has 15 heteroatoms. The minimum absolute atomic E-state index is 0.0658. The molecule has 0 radical (unpaired) electrons. The summed E-state index contributed by atoms with van der Waals surface area (Å²) in [4.78, 5) is 33.8. The Labute approximate surface area is 265 Å². The molecular formula is C32H30F6N4O5. The van der Waals surface area contributed by atoms with Crippen LogP contribution in [0.4, 0.5) is 37.8 Å². The first-order valence-corrected chi connectivity index (χ1v) is 14.1. The fourth-order valence-electron chi connectivity index (χ4n) is 4.88. The van der Waals surface area contributed by atoms with Crippen LogP contribution in [0.15, 0.2) is 72.9 Å². The Hall–Kier alpha value is -5.21. The highest BCUT2D eigenvalue weighted by Crippen LogP contribution is 2.41. The lowest BCUT2D eigenvalue weighted by Crippen LogP contribution is -2.53. The fraction of sp³-hybridized carbons (Fsp3) is 0.281. The maximum atomic E-state index is 14.2. The lowest BCUT2D eigenvalue weighted by atomic mass is 9.81. The van der Waals surface area contributed by atoms with Crippen LogP contribution in [0.5, 0.6) is 11.5 Å². The molecule has 9 nitrogen and oxygen atoms in total. The number of pyridine rings is 1. The molecule has 1 aromatic heterocycles. The van der Waals surface area contributed by atoms with Gasteiger partial charge in [0.2, 0.25) is 0 Å². The minimum atomic E-state index is -5.49. The number of anilines is 2. The predicted molar refractivity (Wildman–Crippen MR) is 160 cm³/mol. The van der Waals surface area contributed by atoms with Gasteiger partial charge >= 0.3 is 18.3 Å². The van der Waals surface area contributed by atoms with Crippen molar-refractivity contribution < 1.29 is 50.2 Å². The molecule has 0 saturated heterocycles. The second kappa shape index (κ2) is 13.6. The monoisotopic (exact) mass is 664 g/mol.